The number of hydrogen-bond acceptors (Lipinski definition) is 8. The molecule has 1 N–H and O–H groups in total. The van der Waals surface area contributed by atoms with Crippen molar-refractivity contribution in [3.05, 3.63) is 41.9 Å². The van der Waals surface area contributed by atoms with Crippen LogP contribution in [0.25, 0.3) is 5.82 Å². The van der Waals surface area contributed by atoms with Crippen molar-refractivity contribution in [3.63, 3.8) is 0 Å². The van der Waals surface area contributed by atoms with Gasteiger partial charge in [0.05, 0.1) is 29.5 Å². The summed E-state index contributed by atoms with van der Waals surface area (Å²) in [5.41, 5.74) is -1.49. The molecule has 3 aromatic rings. The van der Waals surface area contributed by atoms with Crippen LogP contribution in [-0.2, 0) is 16.6 Å². The van der Waals surface area contributed by atoms with Crippen LogP contribution in [0.4, 0.5) is 19.0 Å². The van der Waals surface area contributed by atoms with E-state index < -0.39 is 27.5 Å². The Morgan fingerprint density at radius 2 is 1.95 bits per heavy atom. The number of carbonyl (C=O) groups is 1. The molecule has 0 radical (unpaired) electrons. The third-order valence-corrected chi connectivity index (χ3v) is 10.4. The van der Waals surface area contributed by atoms with Gasteiger partial charge in [0, 0.05) is 30.9 Å². The van der Waals surface area contributed by atoms with Crippen LogP contribution in [0, 0.1) is 18.3 Å². The van der Waals surface area contributed by atoms with E-state index in [2.05, 4.69) is 28.8 Å². The van der Waals surface area contributed by atoms with Gasteiger partial charge in [-0.15, -0.1) is 5.10 Å². The highest BCUT2D eigenvalue weighted by molar-refractivity contribution is 7.90. The SMILES string of the molecule is Cc1c2cnn1CCCC1CN(c3nc(-n4ccc(OCCC5(C(F)(F)F)CC5)n4)ccc3C(=O)NS2(=O)=O)C(C)(C)C1. The number of aryl methyl sites for hydroxylation is 1. The molecule has 0 aromatic carbocycles. The minimum atomic E-state index is -4.25. The third kappa shape index (κ3) is 5.47. The first-order chi connectivity index (χ1) is 20.2. The Balaban J connectivity index is 1.31. The summed E-state index contributed by atoms with van der Waals surface area (Å²) in [5, 5.41) is 8.59. The standard InChI is InChI=1S/C28H34F3N7O4S/c1-18-21-16-32-37(18)12-4-5-19-15-26(2,3)36(17-19)24-20(25(39)35-43(21,40)41)6-7-22(33-24)38-13-8-23(34-38)42-14-11-27(9-10-27)28(29,30)31/h6-8,13,16,19H,4-5,9-12,14-15,17H2,1-3H3,(H,35,39). The van der Waals surface area contributed by atoms with Gasteiger partial charge in [-0.05, 0) is 77.3 Å². The predicted octanol–water partition coefficient (Wildman–Crippen LogP) is 4.40. The molecule has 6 rings (SSSR count). The first-order valence-corrected chi connectivity index (χ1v) is 15.8. The molecule has 1 aliphatic carbocycles. The van der Waals surface area contributed by atoms with Gasteiger partial charge in [-0.1, -0.05) is 0 Å². The summed E-state index contributed by atoms with van der Waals surface area (Å²) in [6.07, 6.45) is 1.22. The molecule has 3 aliphatic rings. The number of carbonyl (C=O) groups excluding carboxylic acids is 1. The van der Waals surface area contributed by atoms with Gasteiger partial charge < -0.3 is 9.64 Å². The molecule has 0 spiro atoms. The van der Waals surface area contributed by atoms with Gasteiger partial charge >= 0.3 is 6.18 Å². The van der Waals surface area contributed by atoms with E-state index in [1.54, 1.807) is 23.9 Å². The molecular weight excluding hydrogens is 587 g/mol. The number of alkyl halides is 3. The fraction of sp³-hybridized carbons (Fsp3) is 0.571. The number of pyridine rings is 1. The number of anilines is 1. The maximum absolute atomic E-state index is 13.5. The minimum Gasteiger partial charge on any atom is -0.477 e. The average Bonchev–Trinajstić information content (AvgIpc) is 3.25. The van der Waals surface area contributed by atoms with E-state index in [9.17, 15) is 26.4 Å². The molecule has 232 valence electrons. The monoisotopic (exact) mass is 621 g/mol. The third-order valence-electron chi connectivity index (χ3n) is 8.96. The van der Waals surface area contributed by atoms with Gasteiger partial charge in [0.2, 0.25) is 5.88 Å². The second kappa shape index (κ2) is 10.2. The topological polar surface area (TPSA) is 124 Å². The van der Waals surface area contributed by atoms with Crippen LogP contribution >= 0.6 is 0 Å². The molecule has 2 aliphatic heterocycles. The normalized spacial score (nSPS) is 22.4. The summed E-state index contributed by atoms with van der Waals surface area (Å²) < 4.78 is 77.0. The van der Waals surface area contributed by atoms with Gasteiger partial charge in [0.15, 0.2) is 5.82 Å². The fourth-order valence-corrected chi connectivity index (χ4v) is 7.42. The number of fused-ring (bicyclic) bond motifs is 6. The molecule has 43 heavy (non-hydrogen) atoms. The van der Waals surface area contributed by atoms with Crippen LogP contribution in [-0.4, -0.2) is 63.7 Å². The maximum Gasteiger partial charge on any atom is 0.394 e. The molecule has 3 aromatic heterocycles. The van der Waals surface area contributed by atoms with Gasteiger partial charge in [0.1, 0.15) is 10.7 Å². The number of amides is 1. The van der Waals surface area contributed by atoms with Crippen LogP contribution in [0.1, 0.15) is 68.4 Å². The largest absolute Gasteiger partial charge is 0.477 e. The average molecular weight is 622 g/mol. The lowest BCUT2D eigenvalue weighted by Crippen LogP contribution is -2.41. The van der Waals surface area contributed by atoms with Crippen LogP contribution in [0.15, 0.2) is 35.5 Å². The Morgan fingerprint density at radius 3 is 2.67 bits per heavy atom. The van der Waals surface area contributed by atoms with E-state index in [0.717, 1.165) is 19.3 Å². The van der Waals surface area contributed by atoms with Crippen molar-refractivity contribution in [1.29, 1.82) is 0 Å². The number of ether oxygens (including phenoxy) is 1. The Morgan fingerprint density at radius 1 is 1.19 bits per heavy atom. The van der Waals surface area contributed by atoms with E-state index in [0.29, 0.717) is 36.3 Å². The molecule has 1 amide bonds. The first-order valence-electron chi connectivity index (χ1n) is 14.3. The predicted molar refractivity (Wildman–Crippen MR) is 150 cm³/mol. The van der Waals surface area contributed by atoms with E-state index in [-0.39, 0.29) is 47.7 Å². The number of nitrogens with zero attached hydrogens (tertiary/aromatic N) is 6. The molecule has 1 unspecified atom stereocenters. The van der Waals surface area contributed by atoms with Crippen molar-refractivity contribution in [2.45, 2.75) is 82.5 Å². The molecule has 1 saturated carbocycles. The highest BCUT2D eigenvalue weighted by Gasteiger charge is 2.62. The van der Waals surface area contributed by atoms with Crippen molar-refractivity contribution < 1.29 is 31.1 Å². The van der Waals surface area contributed by atoms with Crippen molar-refractivity contribution >= 4 is 21.7 Å². The van der Waals surface area contributed by atoms with Crippen molar-refractivity contribution in [2.75, 3.05) is 18.1 Å². The zero-order valence-electron chi connectivity index (χ0n) is 24.2. The van der Waals surface area contributed by atoms with Gasteiger partial charge in [0.25, 0.3) is 15.9 Å². The van der Waals surface area contributed by atoms with Crippen molar-refractivity contribution in [2.24, 2.45) is 11.3 Å². The fourth-order valence-electron chi connectivity index (χ4n) is 6.27. The van der Waals surface area contributed by atoms with Gasteiger partial charge in [-0.2, -0.15) is 18.3 Å². The van der Waals surface area contributed by atoms with E-state index in [1.807, 2.05) is 4.90 Å². The van der Waals surface area contributed by atoms with Crippen molar-refractivity contribution in [3.8, 4) is 11.7 Å². The second-order valence-corrected chi connectivity index (χ2v) is 14.1. The molecule has 2 fully saturated rings. The maximum atomic E-state index is 13.5. The number of nitrogens with one attached hydrogen (secondary N) is 1. The molecule has 5 heterocycles. The summed E-state index contributed by atoms with van der Waals surface area (Å²) >= 11 is 0. The Kier molecular flexibility index (Phi) is 7.01. The van der Waals surface area contributed by atoms with Gasteiger partial charge in [-0.3, -0.25) is 9.48 Å². The zero-order valence-corrected chi connectivity index (χ0v) is 25.0. The van der Waals surface area contributed by atoms with Crippen LogP contribution < -0.4 is 14.4 Å². The molecule has 11 nitrogen and oxygen atoms in total. The van der Waals surface area contributed by atoms with Crippen LogP contribution in [0.3, 0.4) is 0 Å². The summed E-state index contributed by atoms with van der Waals surface area (Å²) in [4.78, 5) is 20.3. The molecule has 1 saturated heterocycles. The highest BCUT2D eigenvalue weighted by Crippen LogP contribution is 2.59. The summed E-state index contributed by atoms with van der Waals surface area (Å²) in [5.74, 6) is 0.313. The Hall–Kier alpha value is -3.62. The number of halogens is 3. The number of hydrogen-bond donors (Lipinski definition) is 1. The smallest absolute Gasteiger partial charge is 0.394 e. The second-order valence-electron chi connectivity index (χ2n) is 12.4. The highest BCUT2D eigenvalue weighted by atomic mass is 32.2. The zero-order chi connectivity index (χ0) is 30.8. The quantitative estimate of drug-likeness (QED) is 0.445. The number of sulfonamides is 1. The van der Waals surface area contributed by atoms with Crippen molar-refractivity contribution in [1.82, 2.24) is 29.3 Å². The van der Waals surface area contributed by atoms with Crippen LogP contribution in [0.5, 0.6) is 5.88 Å². The number of rotatable bonds is 5. The minimum absolute atomic E-state index is 0.0560. The Labute approximate surface area is 247 Å². The lowest BCUT2D eigenvalue weighted by Gasteiger charge is -2.34. The first kappa shape index (κ1) is 29.5. The summed E-state index contributed by atoms with van der Waals surface area (Å²) in [7, 11) is -4.21. The molecular formula is C28H34F3N7O4S. The van der Waals surface area contributed by atoms with Crippen LogP contribution in [0.2, 0.25) is 0 Å². The van der Waals surface area contributed by atoms with E-state index >= 15 is 0 Å². The van der Waals surface area contributed by atoms with E-state index in [1.165, 1.54) is 23.0 Å². The Bertz CT molecular complexity index is 1660. The lowest BCUT2D eigenvalue weighted by atomic mass is 9.93. The number of aromatic nitrogens is 5. The van der Waals surface area contributed by atoms with E-state index in [4.69, 9.17) is 9.72 Å². The van der Waals surface area contributed by atoms with Gasteiger partial charge in [-0.25, -0.2) is 22.8 Å². The molecule has 4 bridgehead atoms. The molecule has 15 heteroatoms. The summed E-state index contributed by atoms with van der Waals surface area (Å²) in [6, 6.07) is 4.59. The molecule has 1 atom stereocenters. The lowest BCUT2D eigenvalue weighted by molar-refractivity contribution is -0.190. The summed E-state index contributed by atoms with van der Waals surface area (Å²) in [6.45, 7) is 6.86.